The van der Waals surface area contributed by atoms with Crippen LogP contribution in [-0.4, -0.2) is 17.0 Å². The number of hydrogen-bond donors (Lipinski definition) is 1. The highest BCUT2D eigenvalue weighted by molar-refractivity contribution is 6.26. The molecule has 0 saturated carbocycles. The summed E-state index contributed by atoms with van der Waals surface area (Å²) >= 11 is 5.60. The highest BCUT2D eigenvalue weighted by Crippen LogP contribution is 2.39. The van der Waals surface area contributed by atoms with E-state index in [1.807, 2.05) is 0 Å². The van der Waals surface area contributed by atoms with Crippen LogP contribution in [-0.2, 0) is 0 Å². The molecule has 0 spiro atoms. The molecule has 1 unspecified atom stereocenters. The Morgan fingerprint density at radius 1 is 1.54 bits per heavy atom. The van der Waals surface area contributed by atoms with E-state index in [0.29, 0.717) is 5.84 Å². The van der Waals surface area contributed by atoms with Crippen LogP contribution >= 0.6 is 11.6 Å². The van der Waals surface area contributed by atoms with Crippen molar-refractivity contribution in [3.63, 3.8) is 0 Å². The first-order chi connectivity index (χ1) is 5.73. The molecule has 1 aliphatic heterocycles. The van der Waals surface area contributed by atoms with Crippen LogP contribution in [0.2, 0.25) is 0 Å². The highest BCUT2D eigenvalue weighted by Gasteiger charge is 2.46. The lowest BCUT2D eigenvalue weighted by molar-refractivity contribution is -0.0970. The van der Waals surface area contributed by atoms with Gasteiger partial charge in [-0.25, -0.2) is 4.99 Å². The molecule has 13 heavy (non-hydrogen) atoms. The molecule has 0 saturated heterocycles. The molecule has 1 atom stereocenters. The van der Waals surface area contributed by atoms with Crippen LogP contribution < -0.4 is 5.32 Å². The van der Waals surface area contributed by atoms with Crippen molar-refractivity contribution in [2.45, 2.75) is 25.0 Å². The van der Waals surface area contributed by atoms with Gasteiger partial charge < -0.3 is 5.32 Å². The number of halogens is 4. The Morgan fingerprint density at radius 2 is 2.08 bits per heavy atom. The molecule has 0 aliphatic carbocycles. The maximum atomic E-state index is 12.3. The van der Waals surface area contributed by atoms with Crippen molar-refractivity contribution >= 4 is 17.4 Å². The molecule has 1 N–H and O–H groups in total. The smallest absolute Gasteiger partial charge is 0.350 e. The topological polar surface area (TPSA) is 24.4 Å². The summed E-state index contributed by atoms with van der Waals surface area (Å²) < 4.78 is 36.9. The highest BCUT2D eigenvalue weighted by atomic mass is 35.5. The second-order valence-corrected chi connectivity index (χ2v) is 3.59. The van der Waals surface area contributed by atoms with E-state index in [2.05, 4.69) is 10.3 Å². The van der Waals surface area contributed by atoms with Crippen molar-refractivity contribution in [1.29, 1.82) is 0 Å². The number of hydrogen-bond acceptors (Lipinski definition) is 2. The predicted molar refractivity (Wildman–Crippen MR) is 44.6 cm³/mol. The Kier molecular flexibility index (Phi) is 2.32. The van der Waals surface area contributed by atoms with Crippen molar-refractivity contribution in [3.8, 4) is 0 Å². The Bertz CT molecular complexity index is 278. The van der Waals surface area contributed by atoms with Gasteiger partial charge in [-0.3, -0.25) is 0 Å². The Hall–Kier alpha value is -0.710. The van der Waals surface area contributed by atoms with Gasteiger partial charge >= 0.3 is 6.18 Å². The van der Waals surface area contributed by atoms with Crippen molar-refractivity contribution in [2.24, 2.45) is 4.99 Å². The second kappa shape index (κ2) is 2.90. The number of aliphatic imine (C=N–C) groups is 1. The monoisotopic (exact) mass is 212 g/mol. The molecule has 74 valence electrons. The van der Waals surface area contributed by atoms with Crippen LogP contribution in [0.15, 0.2) is 16.8 Å². The molecule has 0 amide bonds. The number of alkyl halides is 4. The molecule has 1 rings (SSSR count). The Morgan fingerprint density at radius 3 is 2.46 bits per heavy atom. The molecule has 6 heteroatoms. The van der Waals surface area contributed by atoms with Crippen molar-refractivity contribution in [1.82, 2.24) is 5.32 Å². The fraction of sp³-hybridized carbons (Fsp3) is 0.571. The molecular weight excluding hydrogens is 205 g/mol. The van der Waals surface area contributed by atoms with Crippen LogP contribution in [0.3, 0.4) is 0 Å². The van der Waals surface area contributed by atoms with Gasteiger partial charge in [-0.1, -0.05) is 11.6 Å². The zero-order valence-corrected chi connectivity index (χ0v) is 7.79. The van der Waals surface area contributed by atoms with Crippen molar-refractivity contribution in [2.75, 3.05) is 0 Å². The zero-order valence-electron chi connectivity index (χ0n) is 7.04. The van der Waals surface area contributed by atoms with E-state index in [4.69, 9.17) is 11.6 Å². The molecule has 0 bridgehead atoms. The minimum atomic E-state index is -4.45. The van der Waals surface area contributed by atoms with Gasteiger partial charge in [0.15, 0.2) is 5.00 Å². The third kappa shape index (κ3) is 2.15. The minimum absolute atomic E-state index is 0.366. The van der Waals surface area contributed by atoms with E-state index in [1.165, 1.54) is 6.92 Å². The Balaban J connectivity index is 3.03. The van der Waals surface area contributed by atoms with Crippen LogP contribution in [0.25, 0.3) is 0 Å². The largest absolute Gasteiger partial charge is 0.417 e. The van der Waals surface area contributed by atoms with Gasteiger partial charge in [-0.15, -0.1) is 0 Å². The number of nitrogens with zero attached hydrogens (tertiary/aromatic N) is 1. The average molecular weight is 213 g/mol. The third-order valence-electron chi connectivity index (χ3n) is 1.60. The summed E-state index contributed by atoms with van der Waals surface area (Å²) in [7, 11) is 0. The fourth-order valence-electron chi connectivity index (χ4n) is 1.06. The summed E-state index contributed by atoms with van der Waals surface area (Å²) in [4.78, 5) is 1.93. The minimum Gasteiger partial charge on any atom is -0.350 e. The van der Waals surface area contributed by atoms with E-state index < -0.39 is 16.7 Å². The lowest BCUT2D eigenvalue weighted by Crippen LogP contribution is -2.36. The van der Waals surface area contributed by atoms with E-state index in [1.54, 1.807) is 6.92 Å². The normalized spacial score (nSPS) is 29.1. The van der Waals surface area contributed by atoms with Gasteiger partial charge in [0.25, 0.3) is 0 Å². The van der Waals surface area contributed by atoms with Crippen LogP contribution in [0.1, 0.15) is 13.8 Å². The van der Waals surface area contributed by atoms with Crippen molar-refractivity contribution in [3.05, 3.63) is 11.8 Å². The summed E-state index contributed by atoms with van der Waals surface area (Å²) in [5.41, 5.74) is -0.882. The third-order valence-corrected chi connectivity index (χ3v) is 1.89. The van der Waals surface area contributed by atoms with E-state index in [-0.39, 0.29) is 0 Å². The molecule has 1 heterocycles. The molecule has 0 aromatic carbocycles. The van der Waals surface area contributed by atoms with Gasteiger partial charge in [0, 0.05) is 6.20 Å². The predicted octanol–water partition coefficient (Wildman–Crippen LogP) is 2.41. The summed E-state index contributed by atoms with van der Waals surface area (Å²) in [5.74, 6) is 0.366. The fourth-order valence-corrected chi connectivity index (χ4v) is 1.34. The molecule has 1 aliphatic rings. The van der Waals surface area contributed by atoms with E-state index >= 15 is 0 Å². The van der Waals surface area contributed by atoms with Crippen LogP contribution in [0, 0.1) is 0 Å². The first kappa shape index (κ1) is 10.4. The first-order valence-corrected chi connectivity index (χ1v) is 3.91. The van der Waals surface area contributed by atoms with Crippen LogP contribution in [0.5, 0.6) is 0 Å². The molecule has 0 aromatic heterocycles. The standard InChI is InChI=1S/C7H8ClF3N2/c1-4-12-3-5(7(9,10)11)6(2,8)13-4/h3H,1-2H3,(H,12,13). The van der Waals surface area contributed by atoms with Crippen molar-refractivity contribution < 1.29 is 13.2 Å². The lowest BCUT2D eigenvalue weighted by Gasteiger charge is -2.27. The lowest BCUT2D eigenvalue weighted by atomic mass is 10.1. The van der Waals surface area contributed by atoms with Crippen LogP contribution in [0.4, 0.5) is 13.2 Å². The maximum Gasteiger partial charge on any atom is 0.417 e. The van der Waals surface area contributed by atoms with Gasteiger partial charge in [-0.2, -0.15) is 13.2 Å². The van der Waals surface area contributed by atoms with E-state index in [9.17, 15) is 13.2 Å². The van der Waals surface area contributed by atoms with Gasteiger partial charge in [0.2, 0.25) is 0 Å². The van der Waals surface area contributed by atoms with Gasteiger partial charge in [-0.05, 0) is 13.8 Å². The zero-order chi connectivity index (χ0) is 10.3. The Labute approximate surface area is 78.5 Å². The molecule has 0 aromatic rings. The SMILES string of the molecule is CC1=NC(C)(Cl)C(C(F)(F)F)=CN1. The summed E-state index contributed by atoms with van der Waals surface area (Å²) in [6, 6.07) is 0. The first-order valence-electron chi connectivity index (χ1n) is 3.53. The molecular formula is C7H8ClF3N2. The molecule has 0 radical (unpaired) electrons. The van der Waals surface area contributed by atoms with Gasteiger partial charge in [0.1, 0.15) is 0 Å². The van der Waals surface area contributed by atoms with Gasteiger partial charge in [0.05, 0.1) is 11.4 Å². The number of nitrogens with one attached hydrogen (secondary N) is 1. The van der Waals surface area contributed by atoms with E-state index in [0.717, 1.165) is 6.20 Å². The quantitative estimate of drug-likeness (QED) is 0.484. The summed E-state index contributed by atoms with van der Waals surface area (Å²) in [5, 5.41) is 2.38. The second-order valence-electron chi connectivity index (χ2n) is 2.85. The summed E-state index contributed by atoms with van der Waals surface area (Å²) in [6.45, 7) is 2.75. The molecule has 2 nitrogen and oxygen atoms in total. The summed E-state index contributed by atoms with van der Waals surface area (Å²) in [6.07, 6.45) is -3.61. The maximum absolute atomic E-state index is 12.3. The number of rotatable bonds is 0. The average Bonchev–Trinajstić information content (AvgIpc) is 1.79. The number of amidine groups is 1. The molecule has 0 fully saturated rings.